The van der Waals surface area contributed by atoms with Crippen LogP contribution in [0.4, 0.5) is 20.2 Å². The lowest BCUT2D eigenvalue weighted by molar-refractivity contribution is 0.119. The van der Waals surface area contributed by atoms with Gasteiger partial charge >= 0.3 is 0 Å². The largest absolute Gasteiger partial charge is 0.398 e. The molecule has 0 radical (unpaired) electrons. The minimum Gasteiger partial charge on any atom is -0.398 e. The number of ether oxygens (including phenoxy) is 1. The molecular weight excluding hydrogens is 489 g/mol. The van der Waals surface area contributed by atoms with E-state index in [2.05, 4.69) is 0 Å². The van der Waals surface area contributed by atoms with Crippen LogP contribution < -0.4 is 11.5 Å². The molecule has 4 aromatic rings. The first-order valence-corrected chi connectivity index (χ1v) is 11.8. The van der Waals surface area contributed by atoms with Crippen LogP contribution in [0.3, 0.4) is 0 Å². The molecule has 180 valence electrons. The second-order valence-corrected chi connectivity index (χ2v) is 9.07. The van der Waals surface area contributed by atoms with Crippen molar-refractivity contribution < 1.29 is 13.5 Å². The number of anilines is 2. The van der Waals surface area contributed by atoms with Crippen LogP contribution in [0.25, 0.3) is 0 Å². The molecule has 0 aliphatic carbocycles. The van der Waals surface area contributed by atoms with Crippen LogP contribution in [-0.4, -0.2) is 13.2 Å². The number of hydrogen-bond donors (Lipinski definition) is 2. The lowest BCUT2D eigenvalue weighted by Crippen LogP contribution is -2.17. The van der Waals surface area contributed by atoms with Gasteiger partial charge < -0.3 is 16.2 Å². The predicted molar refractivity (Wildman–Crippen MR) is 139 cm³/mol. The van der Waals surface area contributed by atoms with E-state index in [1.54, 1.807) is 0 Å². The van der Waals surface area contributed by atoms with E-state index in [0.29, 0.717) is 11.1 Å². The Balaban J connectivity index is 1.65. The van der Waals surface area contributed by atoms with Crippen molar-refractivity contribution in [3.05, 3.63) is 129 Å². The lowest BCUT2D eigenvalue weighted by atomic mass is 9.90. The molecular formula is C28H24Cl2F2N2O. The molecule has 2 unspecified atom stereocenters. The topological polar surface area (TPSA) is 61.3 Å². The molecule has 0 bridgehead atoms. The summed E-state index contributed by atoms with van der Waals surface area (Å²) in [5, 5.41) is 0.304. The van der Waals surface area contributed by atoms with Crippen molar-refractivity contribution in [3.63, 3.8) is 0 Å². The van der Waals surface area contributed by atoms with Crippen molar-refractivity contribution in [1.29, 1.82) is 0 Å². The van der Waals surface area contributed by atoms with Gasteiger partial charge in [0.05, 0.1) is 34.6 Å². The van der Waals surface area contributed by atoms with Crippen LogP contribution in [0.2, 0.25) is 10.0 Å². The van der Waals surface area contributed by atoms with Gasteiger partial charge in [-0.05, 0) is 46.5 Å². The summed E-state index contributed by atoms with van der Waals surface area (Å²) in [6.07, 6.45) is 0. The van der Waals surface area contributed by atoms with Gasteiger partial charge in [0.1, 0.15) is 11.6 Å². The van der Waals surface area contributed by atoms with Gasteiger partial charge in [0.2, 0.25) is 0 Å². The van der Waals surface area contributed by atoms with Crippen LogP contribution in [0.15, 0.2) is 84.9 Å². The SMILES string of the molecule is Nc1cc(C(COCC(c2ccccc2)c2cc(N)c(Cl)cc2F)c2ccccc2)c(F)cc1Cl. The molecule has 0 aliphatic rings. The summed E-state index contributed by atoms with van der Waals surface area (Å²) >= 11 is 12.0. The van der Waals surface area contributed by atoms with Gasteiger partial charge in [0.25, 0.3) is 0 Å². The van der Waals surface area contributed by atoms with Crippen LogP contribution in [0.1, 0.15) is 34.1 Å². The molecule has 0 amide bonds. The molecule has 2 atom stereocenters. The monoisotopic (exact) mass is 512 g/mol. The number of rotatable bonds is 8. The summed E-state index contributed by atoms with van der Waals surface area (Å²) < 4.78 is 36.0. The molecule has 35 heavy (non-hydrogen) atoms. The van der Waals surface area contributed by atoms with Crippen molar-refractivity contribution >= 4 is 34.6 Å². The van der Waals surface area contributed by atoms with Crippen LogP contribution in [0, 0.1) is 11.6 Å². The quantitative estimate of drug-likeness (QED) is 0.241. The third-order valence-electron chi connectivity index (χ3n) is 5.96. The van der Waals surface area contributed by atoms with Gasteiger partial charge in [-0.3, -0.25) is 0 Å². The summed E-state index contributed by atoms with van der Waals surface area (Å²) in [4.78, 5) is 0. The maximum Gasteiger partial charge on any atom is 0.128 e. The fourth-order valence-electron chi connectivity index (χ4n) is 4.11. The molecule has 4 N–H and O–H groups in total. The maximum absolute atomic E-state index is 14.9. The summed E-state index contributed by atoms with van der Waals surface area (Å²) in [6, 6.07) is 24.3. The first-order chi connectivity index (χ1) is 16.8. The summed E-state index contributed by atoms with van der Waals surface area (Å²) in [6.45, 7) is 0.270. The predicted octanol–water partition coefficient (Wildman–Crippen LogP) is 7.42. The standard InChI is InChI=1S/C28H24Cl2F2N2O/c29-23-13-25(31)19(11-27(23)33)21(17-7-3-1-4-8-17)15-35-16-22(18-9-5-2-6-10-18)20-12-28(34)24(30)14-26(20)32/h1-14,21-22H,15-16,33-34H2. The number of benzene rings is 4. The molecule has 0 aliphatic heterocycles. The Morgan fingerprint density at radius 1 is 0.629 bits per heavy atom. The first kappa shape index (κ1) is 25.0. The zero-order valence-corrected chi connectivity index (χ0v) is 20.2. The summed E-state index contributed by atoms with van der Waals surface area (Å²) in [5.41, 5.74) is 15.0. The van der Waals surface area contributed by atoms with Gasteiger partial charge in [-0.25, -0.2) is 8.78 Å². The zero-order valence-electron chi connectivity index (χ0n) is 18.7. The summed E-state index contributed by atoms with van der Waals surface area (Å²) in [7, 11) is 0. The van der Waals surface area contributed by atoms with E-state index in [1.807, 2.05) is 60.7 Å². The molecule has 3 nitrogen and oxygen atoms in total. The molecule has 0 fully saturated rings. The van der Waals surface area contributed by atoms with E-state index < -0.39 is 23.5 Å². The van der Waals surface area contributed by atoms with E-state index >= 15 is 0 Å². The van der Waals surface area contributed by atoms with Crippen LogP contribution in [-0.2, 0) is 4.74 Å². The van der Waals surface area contributed by atoms with E-state index in [4.69, 9.17) is 39.4 Å². The first-order valence-electron chi connectivity index (χ1n) is 11.0. The van der Waals surface area contributed by atoms with Gasteiger partial charge in [0, 0.05) is 11.8 Å². The fraction of sp³-hybridized carbons (Fsp3) is 0.143. The highest BCUT2D eigenvalue weighted by Gasteiger charge is 2.23. The van der Waals surface area contributed by atoms with Gasteiger partial charge in [-0.15, -0.1) is 0 Å². The van der Waals surface area contributed by atoms with Gasteiger partial charge in [-0.1, -0.05) is 83.9 Å². The molecule has 0 saturated carbocycles. The zero-order chi connectivity index (χ0) is 24.9. The molecule has 0 spiro atoms. The Kier molecular flexibility index (Phi) is 7.91. The van der Waals surface area contributed by atoms with Crippen molar-refractivity contribution in [2.45, 2.75) is 11.8 Å². The average molecular weight is 513 g/mol. The molecule has 4 rings (SSSR count). The number of halogens is 4. The number of nitrogen functional groups attached to an aromatic ring is 2. The minimum atomic E-state index is -0.474. The van der Waals surface area contributed by atoms with Crippen molar-refractivity contribution in [2.75, 3.05) is 24.7 Å². The Labute approximate surface area is 213 Å². The maximum atomic E-state index is 14.9. The molecule has 0 aromatic heterocycles. The third kappa shape index (κ3) is 5.76. The molecule has 0 saturated heterocycles. The van der Waals surface area contributed by atoms with E-state index in [1.165, 1.54) is 24.3 Å². The Morgan fingerprint density at radius 3 is 1.37 bits per heavy atom. The van der Waals surface area contributed by atoms with Crippen molar-refractivity contribution in [2.24, 2.45) is 0 Å². The summed E-state index contributed by atoms with van der Waals surface area (Å²) in [5.74, 6) is -1.85. The molecule has 4 aromatic carbocycles. The highest BCUT2D eigenvalue weighted by atomic mass is 35.5. The van der Waals surface area contributed by atoms with E-state index in [0.717, 1.165) is 11.1 Å². The Hall–Kier alpha value is -3.12. The number of nitrogens with two attached hydrogens (primary N) is 2. The average Bonchev–Trinajstić information content (AvgIpc) is 2.86. The Morgan fingerprint density at radius 2 is 1.00 bits per heavy atom. The smallest absolute Gasteiger partial charge is 0.128 e. The van der Waals surface area contributed by atoms with Gasteiger partial charge in [0.15, 0.2) is 0 Å². The highest BCUT2D eigenvalue weighted by Crippen LogP contribution is 2.35. The second kappa shape index (κ2) is 11.1. The van der Waals surface area contributed by atoms with Crippen LogP contribution >= 0.6 is 23.2 Å². The molecule has 0 heterocycles. The van der Waals surface area contributed by atoms with Crippen LogP contribution in [0.5, 0.6) is 0 Å². The highest BCUT2D eigenvalue weighted by molar-refractivity contribution is 6.33. The number of hydrogen-bond acceptors (Lipinski definition) is 3. The molecule has 7 heteroatoms. The van der Waals surface area contributed by atoms with E-state index in [-0.39, 0.29) is 34.6 Å². The van der Waals surface area contributed by atoms with Gasteiger partial charge in [-0.2, -0.15) is 0 Å². The second-order valence-electron chi connectivity index (χ2n) is 8.25. The van der Waals surface area contributed by atoms with Crippen molar-refractivity contribution in [3.8, 4) is 0 Å². The lowest BCUT2D eigenvalue weighted by Gasteiger charge is -2.23. The van der Waals surface area contributed by atoms with Crippen molar-refractivity contribution in [1.82, 2.24) is 0 Å². The van der Waals surface area contributed by atoms with E-state index in [9.17, 15) is 8.78 Å². The minimum absolute atomic E-state index is 0.135. The Bertz CT molecular complexity index is 1200. The normalized spacial score (nSPS) is 12.9. The third-order valence-corrected chi connectivity index (χ3v) is 6.61. The fourth-order valence-corrected chi connectivity index (χ4v) is 4.41.